The van der Waals surface area contributed by atoms with E-state index in [0.29, 0.717) is 6.42 Å². The van der Waals surface area contributed by atoms with Gasteiger partial charge in [0.2, 0.25) is 0 Å². The summed E-state index contributed by atoms with van der Waals surface area (Å²) < 4.78 is 36.7. The molecule has 16 heteroatoms. The first-order valence-electron chi connectivity index (χ1n) is 11.7. The van der Waals surface area contributed by atoms with Gasteiger partial charge in [-0.15, -0.1) is 0 Å². The van der Waals surface area contributed by atoms with Gasteiger partial charge in [0.1, 0.15) is 29.9 Å². The third kappa shape index (κ3) is 9.78. The van der Waals surface area contributed by atoms with Gasteiger partial charge >= 0.3 is 19.4 Å². The molecule has 0 amide bonds. The SMILES string of the molecule is CCCOC(=O)[C@H](C)NP(=O)(OC[C@@H](O[C@H](CN=[N+]=[N-])n1ccc(N)nc1=O)C(C)O)Oc1ccccc1. The van der Waals surface area contributed by atoms with Gasteiger partial charge in [0.25, 0.3) is 0 Å². The highest BCUT2D eigenvalue weighted by atomic mass is 31.2. The lowest BCUT2D eigenvalue weighted by molar-refractivity contribution is -0.145. The highest BCUT2D eigenvalue weighted by Gasteiger charge is 2.34. The lowest BCUT2D eigenvalue weighted by Gasteiger charge is -2.29. The molecular formula is C22H32N7O8P. The average molecular weight is 554 g/mol. The minimum Gasteiger partial charge on any atom is -0.465 e. The zero-order valence-corrected chi connectivity index (χ0v) is 22.1. The molecule has 2 unspecified atom stereocenters. The maximum atomic E-state index is 13.7. The molecule has 1 heterocycles. The number of rotatable bonds is 16. The molecular weight excluding hydrogens is 521 g/mol. The highest BCUT2D eigenvalue weighted by Crippen LogP contribution is 2.45. The molecule has 208 valence electrons. The van der Waals surface area contributed by atoms with Crippen molar-refractivity contribution in [3.63, 3.8) is 0 Å². The van der Waals surface area contributed by atoms with Crippen LogP contribution in [0.25, 0.3) is 10.4 Å². The molecule has 0 aliphatic rings. The van der Waals surface area contributed by atoms with E-state index in [1.165, 1.54) is 38.2 Å². The zero-order valence-electron chi connectivity index (χ0n) is 21.2. The number of anilines is 1. The molecule has 0 aliphatic carbocycles. The van der Waals surface area contributed by atoms with Crippen LogP contribution in [0.15, 0.2) is 52.5 Å². The molecule has 2 rings (SSSR count). The second-order valence-corrected chi connectivity index (χ2v) is 9.74. The van der Waals surface area contributed by atoms with Crippen molar-refractivity contribution in [2.24, 2.45) is 5.11 Å². The number of nitrogen functional groups attached to an aromatic ring is 1. The summed E-state index contributed by atoms with van der Waals surface area (Å²) >= 11 is 0. The number of esters is 1. The minimum absolute atomic E-state index is 0.0270. The van der Waals surface area contributed by atoms with E-state index in [-0.39, 0.29) is 24.7 Å². The molecule has 0 bridgehead atoms. The minimum atomic E-state index is -4.25. The molecule has 0 radical (unpaired) electrons. The maximum Gasteiger partial charge on any atom is 0.459 e. The summed E-state index contributed by atoms with van der Waals surface area (Å²) in [6.45, 7) is 3.96. The number of carbonyl (C=O) groups is 1. The van der Waals surface area contributed by atoms with Gasteiger partial charge in [0.15, 0.2) is 0 Å². The molecule has 0 spiro atoms. The molecule has 4 N–H and O–H groups in total. The molecule has 0 fully saturated rings. The van der Waals surface area contributed by atoms with Gasteiger partial charge in [-0.05, 0) is 44.0 Å². The number of aliphatic hydroxyl groups excluding tert-OH is 1. The van der Waals surface area contributed by atoms with Gasteiger partial charge in [-0.3, -0.25) is 13.9 Å². The smallest absolute Gasteiger partial charge is 0.459 e. The Morgan fingerprint density at radius 3 is 2.63 bits per heavy atom. The Hall–Kier alpha value is -3.45. The van der Waals surface area contributed by atoms with E-state index in [4.69, 9.17) is 29.8 Å². The molecule has 15 nitrogen and oxygen atoms in total. The van der Waals surface area contributed by atoms with E-state index in [9.17, 15) is 19.3 Å². The Labute approximate surface area is 219 Å². The van der Waals surface area contributed by atoms with Crippen LogP contribution in [0.4, 0.5) is 5.82 Å². The number of nitrogens with zero attached hydrogens (tertiary/aromatic N) is 5. The van der Waals surface area contributed by atoms with Crippen molar-refractivity contribution in [1.29, 1.82) is 0 Å². The predicted octanol–water partition coefficient (Wildman–Crippen LogP) is 2.54. The Balaban J connectivity index is 2.26. The zero-order chi connectivity index (χ0) is 28.1. The Kier molecular flexibility index (Phi) is 12.2. The molecule has 38 heavy (non-hydrogen) atoms. The van der Waals surface area contributed by atoms with Crippen molar-refractivity contribution in [2.45, 2.75) is 51.7 Å². The Bertz CT molecular complexity index is 1190. The lowest BCUT2D eigenvalue weighted by atomic mass is 10.2. The van der Waals surface area contributed by atoms with Gasteiger partial charge in [0.05, 0.1) is 25.9 Å². The molecule has 1 aromatic carbocycles. The summed E-state index contributed by atoms with van der Waals surface area (Å²) in [6, 6.07) is 8.38. The normalized spacial score (nSPS) is 15.8. The summed E-state index contributed by atoms with van der Waals surface area (Å²) in [7, 11) is -4.25. The third-order valence-corrected chi connectivity index (χ3v) is 6.51. The van der Waals surface area contributed by atoms with E-state index < -0.39 is 50.5 Å². The molecule has 1 aromatic heterocycles. The first-order chi connectivity index (χ1) is 18.1. The highest BCUT2D eigenvalue weighted by molar-refractivity contribution is 7.52. The fraction of sp³-hybridized carbons (Fsp3) is 0.500. The first-order valence-corrected chi connectivity index (χ1v) is 13.3. The second kappa shape index (κ2) is 15.1. The van der Waals surface area contributed by atoms with Crippen molar-refractivity contribution < 1.29 is 33.0 Å². The van der Waals surface area contributed by atoms with Crippen LogP contribution < -0.4 is 21.0 Å². The number of aromatic nitrogens is 2. The molecule has 0 aliphatic heterocycles. The molecule has 0 saturated carbocycles. The second-order valence-electron chi connectivity index (χ2n) is 8.04. The molecule has 0 saturated heterocycles. The van der Waals surface area contributed by atoms with E-state index in [1.54, 1.807) is 18.2 Å². The van der Waals surface area contributed by atoms with Crippen molar-refractivity contribution in [1.82, 2.24) is 14.6 Å². The van der Waals surface area contributed by atoms with Crippen LogP contribution in [-0.2, 0) is 23.4 Å². The number of ether oxygens (including phenoxy) is 2. The lowest BCUT2D eigenvalue weighted by Crippen LogP contribution is -2.39. The van der Waals surface area contributed by atoms with Gasteiger partial charge in [0, 0.05) is 11.1 Å². The summed E-state index contributed by atoms with van der Waals surface area (Å²) in [5.41, 5.74) is 13.5. The summed E-state index contributed by atoms with van der Waals surface area (Å²) in [5, 5.41) is 16.3. The third-order valence-electron chi connectivity index (χ3n) is 4.86. The Morgan fingerprint density at radius 1 is 1.32 bits per heavy atom. The number of para-hydroxylation sites is 1. The van der Waals surface area contributed by atoms with Gasteiger partial charge in [-0.25, -0.2) is 9.36 Å². The summed E-state index contributed by atoms with van der Waals surface area (Å²) in [5.74, 6) is -0.506. The molecule has 2 aromatic rings. The first kappa shape index (κ1) is 30.8. The van der Waals surface area contributed by atoms with Gasteiger partial charge in [-0.1, -0.05) is 30.2 Å². The number of nitrogens with two attached hydrogens (primary N) is 1. The number of hydrogen-bond donors (Lipinski definition) is 3. The fourth-order valence-electron chi connectivity index (χ4n) is 2.94. The van der Waals surface area contributed by atoms with E-state index in [0.717, 1.165) is 4.57 Å². The number of hydrogen-bond acceptors (Lipinski definition) is 11. The van der Waals surface area contributed by atoms with Crippen molar-refractivity contribution in [3.8, 4) is 5.75 Å². The number of nitrogens with one attached hydrogen (secondary N) is 1. The fourth-order valence-corrected chi connectivity index (χ4v) is 4.44. The van der Waals surface area contributed by atoms with E-state index >= 15 is 0 Å². The standard InChI is InChI=1S/C22H32N7O8P/c1-4-12-34-21(31)15(2)27-38(33,37-17-8-6-5-7-9-17)35-14-18(16(3)30)36-20(13-25-28-24)29-11-10-19(23)26-22(29)32/h5-11,15-16,18,20,30H,4,12-14H2,1-3H3,(H,27,33)(H2,23,26,32)/t15-,16?,18+,20+,38?/m0/s1. The average Bonchev–Trinajstić information content (AvgIpc) is 2.87. The number of carbonyl (C=O) groups excluding carboxylic acids is 1. The quantitative estimate of drug-likeness (QED) is 0.0903. The van der Waals surface area contributed by atoms with Crippen LogP contribution in [0.1, 0.15) is 33.4 Å². The maximum absolute atomic E-state index is 13.7. The van der Waals surface area contributed by atoms with Crippen LogP contribution in [0.5, 0.6) is 5.75 Å². The number of aliphatic hydroxyl groups is 1. The van der Waals surface area contributed by atoms with Crippen molar-refractivity contribution in [2.75, 3.05) is 25.5 Å². The topological polar surface area (TPSA) is 213 Å². The summed E-state index contributed by atoms with van der Waals surface area (Å²) in [4.78, 5) is 30.9. The van der Waals surface area contributed by atoms with Crippen LogP contribution in [0, 0.1) is 0 Å². The van der Waals surface area contributed by atoms with E-state index in [1.807, 2.05) is 6.92 Å². The van der Waals surface area contributed by atoms with Crippen molar-refractivity contribution in [3.05, 3.63) is 63.5 Å². The van der Waals surface area contributed by atoms with Crippen LogP contribution in [0.3, 0.4) is 0 Å². The largest absolute Gasteiger partial charge is 0.465 e. The summed E-state index contributed by atoms with van der Waals surface area (Å²) in [6.07, 6.45) is -1.73. The van der Waals surface area contributed by atoms with Crippen molar-refractivity contribution >= 4 is 19.5 Å². The van der Waals surface area contributed by atoms with E-state index in [2.05, 4.69) is 20.1 Å². The monoisotopic (exact) mass is 553 g/mol. The van der Waals surface area contributed by atoms with Gasteiger partial charge in [-0.2, -0.15) is 10.1 Å². The van der Waals surface area contributed by atoms with Crippen LogP contribution in [0.2, 0.25) is 0 Å². The number of benzene rings is 1. The number of azide groups is 1. The van der Waals surface area contributed by atoms with Crippen LogP contribution >= 0.6 is 7.75 Å². The predicted molar refractivity (Wildman–Crippen MR) is 137 cm³/mol. The van der Waals surface area contributed by atoms with Crippen LogP contribution in [-0.4, -0.2) is 58.6 Å². The Morgan fingerprint density at radius 2 is 2.03 bits per heavy atom. The van der Waals surface area contributed by atoms with Gasteiger partial charge < -0.3 is 24.8 Å². The molecule has 5 atom stereocenters.